The van der Waals surface area contributed by atoms with Crippen LogP contribution >= 0.6 is 0 Å². The van der Waals surface area contributed by atoms with Crippen LogP contribution in [0.1, 0.15) is 16.8 Å². The lowest BCUT2D eigenvalue weighted by atomic mass is 10.1. The molecule has 112 valence electrons. The van der Waals surface area contributed by atoms with Crippen molar-refractivity contribution in [3.05, 3.63) is 30.0 Å². The van der Waals surface area contributed by atoms with Crippen molar-refractivity contribution in [1.29, 1.82) is 0 Å². The van der Waals surface area contributed by atoms with Gasteiger partial charge in [-0.25, -0.2) is 9.31 Å². The van der Waals surface area contributed by atoms with Crippen LogP contribution in [0.2, 0.25) is 0 Å². The van der Waals surface area contributed by atoms with Crippen LogP contribution < -0.4 is 4.90 Å². The maximum atomic E-state index is 12.8. The Morgan fingerprint density at radius 1 is 1.38 bits per heavy atom. The van der Waals surface area contributed by atoms with Crippen molar-refractivity contribution in [2.45, 2.75) is 12.6 Å². The van der Waals surface area contributed by atoms with Crippen LogP contribution in [0.3, 0.4) is 0 Å². The molecule has 1 atom stereocenters. The smallest absolute Gasteiger partial charge is 0.393 e. The van der Waals surface area contributed by atoms with Crippen LogP contribution in [-0.2, 0) is 0 Å². The lowest BCUT2D eigenvalue weighted by molar-refractivity contribution is -0.168. The topological polar surface area (TPSA) is 57.8 Å². The van der Waals surface area contributed by atoms with Gasteiger partial charge in [0.15, 0.2) is 0 Å². The molecule has 1 unspecified atom stereocenters. The summed E-state index contributed by atoms with van der Waals surface area (Å²) >= 11 is 0. The molecule has 3 heterocycles. The Morgan fingerprint density at radius 2 is 2.14 bits per heavy atom. The summed E-state index contributed by atoms with van der Waals surface area (Å²) in [7, 11) is 0. The summed E-state index contributed by atoms with van der Waals surface area (Å²) in [5.41, 5.74) is 0.578. The van der Waals surface area contributed by atoms with Gasteiger partial charge in [0, 0.05) is 13.1 Å². The molecule has 0 saturated carbocycles. The largest absolute Gasteiger partial charge is 0.478 e. The van der Waals surface area contributed by atoms with E-state index < -0.39 is 18.1 Å². The van der Waals surface area contributed by atoms with Crippen molar-refractivity contribution in [3.8, 4) is 0 Å². The molecule has 3 rings (SSSR count). The van der Waals surface area contributed by atoms with Crippen molar-refractivity contribution < 1.29 is 23.1 Å². The predicted octanol–water partition coefficient (Wildman–Crippen LogP) is 2.42. The average molecular weight is 299 g/mol. The Bertz CT molecular complexity index is 696. The molecule has 1 N–H and O–H groups in total. The molecular formula is C13H12F3N3O2. The number of carbonyl (C=O) groups is 1. The van der Waals surface area contributed by atoms with Gasteiger partial charge in [0.25, 0.3) is 0 Å². The van der Waals surface area contributed by atoms with Crippen LogP contribution in [0.4, 0.5) is 19.0 Å². The fraction of sp³-hybridized carbons (Fsp3) is 0.385. The lowest BCUT2D eigenvalue weighted by Gasteiger charge is -2.21. The zero-order valence-corrected chi connectivity index (χ0v) is 10.8. The Kier molecular flexibility index (Phi) is 3.03. The Labute approximate surface area is 117 Å². The van der Waals surface area contributed by atoms with Gasteiger partial charge in [0.05, 0.1) is 23.2 Å². The molecule has 0 aromatic carbocycles. The molecule has 0 spiro atoms. The van der Waals surface area contributed by atoms with Crippen molar-refractivity contribution >= 4 is 17.3 Å². The first-order valence-corrected chi connectivity index (χ1v) is 6.39. The Balaban J connectivity index is 2.00. The molecule has 0 radical (unpaired) electrons. The van der Waals surface area contributed by atoms with E-state index >= 15 is 0 Å². The second-order valence-corrected chi connectivity index (χ2v) is 5.05. The zero-order valence-electron chi connectivity index (χ0n) is 10.8. The molecule has 0 amide bonds. The number of hydrogen-bond donors (Lipinski definition) is 1. The number of aromatic nitrogens is 2. The number of aromatic carboxylic acids is 1. The second-order valence-electron chi connectivity index (χ2n) is 5.05. The minimum absolute atomic E-state index is 0.00353. The van der Waals surface area contributed by atoms with E-state index in [1.165, 1.54) is 27.7 Å². The summed E-state index contributed by atoms with van der Waals surface area (Å²) in [6, 6.07) is 4.42. The molecule has 1 aliphatic heterocycles. The highest BCUT2D eigenvalue weighted by Crippen LogP contribution is 2.35. The number of pyridine rings is 1. The molecule has 1 aliphatic rings. The number of anilines is 1. The molecule has 0 aliphatic carbocycles. The SMILES string of the molecule is O=C(O)c1cc(N2CCC(C(F)(F)F)C2)n2nccc2c1. The van der Waals surface area contributed by atoms with Crippen LogP contribution in [-0.4, -0.2) is 40.0 Å². The highest BCUT2D eigenvalue weighted by Gasteiger charge is 2.44. The third kappa shape index (κ3) is 2.41. The van der Waals surface area contributed by atoms with Gasteiger partial charge < -0.3 is 10.0 Å². The van der Waals surface area contributed by atoms with Gasteiger partial charge in [-0.05, 0) is 24.6 Å². The van der Waals surface area contributed by atoms with Crippen molar-refractivity contribution in [3.63, 3.8) is 0 Å². The number of hydrogen-bond acceptors (Lipinski definition) is 3. The number of nitrogens with zero attached hydrogens (tertiary/aromatic N) is 3. The van der Waals surface area contributed by atoms with Gasteiger partial charge in [-0.3, -0.25) is 0 Å². The van der Waals surface area contributed by atoms with Crippen LogP contribution in [0.15, 0.2) is 24.4 Å². The normalized spacial score (nSPS) is 19.4. The first kappa shape index (κ1) is 13.7. The van der Waals surface area contributed by atoms with E-state index in [0.717, 1.165) is 0 Å². The predicted molar refractivity (Wildman–Crippen MR) is 68.5 cm³/mol. The Hall–Kier alpha value is -2.25. The molecule has 2 aromatic rings. The molecule has 2 aromatic heterocycles. The minimum Gasteiger partial charge on any atom is -0.478 e. The standard InChI is InChI=1S/C13H12F3N3O2/c14-13(15,16)9-2-4-18(7-9)11-6-8(12(20)21)5-10-1-3-17-19(10)11/h1,3,5-6,9H,2,4,7H2,(H,20,21). The number of fused-ring (bicyclic) bond motifs is 1. The van der Waals surface area contributed by atoms with E-state index in [2.05, 4.69) is 5.10 Å². The first-order chi connectivity index (χ1) is 9.86. The van der Waals surface area contributed by atoms with E-state index in [9.17, 15) is 18.0 Å². The molecule has 8 heteroatoms. The van der Waals surface area contributed by atoms with Gasteiger partial charge in [0.1, 0.15) is 5.82 Å². The summed E-state index contributed by atoms with van der Waals surface area (Å²) in [5, 5.41) is 13.2. The highest BCUT2D eigenvalue weighted by molar-refractivity contribution is 5.90. The molecule has 1 fully saturated rings. The van der Waals surface area contributed by atoms with E-state index in [1.54, 1.807) is 6.07 Å². The molecule has 0 bridgehead atoms. The highest BCUT2D eigenvalue weighted by atomic mass is 19.4. The molecular weight excluding hydrogens is 287 g/mol. The van der Waals surface area contributed by atoms with Gasteiger partial charge in [-0.1, -0.05) is 0 Å². The third-order valence-corrected chi connectivity index (χ3v) is 3.70. The maximum Gasteiger partial charge on any atom is 0.393 e. The summed E-state index contributed by atoms with van der Waals surface area (Å²) in [5.74, 6) is -2.13. The van der Waals surface area contributed by atoms with Crippen molar-refractivity contribution in [1.82, 2.24) is 9.61 Å². The lowest BCUT2D eigenvalue weighted by Crippen LogP contribution is -2.28. The maximum absolute atomic E-state index is 12.8. The summed E-state index contributed by atoms with van der Waals surface area (Å²) in [6.45, 7) is 0.0454. The summed E-state index contributed by atoms with van der Waals surface area (Å²) in [6.07, 6.45) is -2.74. The van der Waals surface area contributed by atoms with Gasteiger partial charge in [0.2, 0.25) is 0 Å². The molecule has 1 saturated heterocycles. The van der Waals surface area contributed by atoms with E-state index in [1.807, 2.05) is 0 Å². The minimum atomic E-state index is -4.23. The van der Waals surface area contributed by atoms with Gasteiger partial charge in [-0.15, -0.1) is 0 Å². The molecule has 21 heavy (non-hydrogen) atoms. The van der Waals surface area contributed by atoms with Gasteiger partial charge in [-0.2, -0.15) is 18.3 Å². The van der Waals surface area contributed by atoms with Crippen molar-refractivity contribution in [2.75, 3.05) is 18.0 Å². The van der Waals surface area contributed by atoms with Gasteiger partial charge >= 0.3 is 12.1 Å². The van der Waals surface area contributed by atoms with E-state index in [4.69, 9.17) is 5.11 Å². The average Bonchev–Trinajstić information content (AvgIpc) is 3.05. The number of halogens is 3. The van der Waals surface area contributed by atoms with Crippen molar-refractivity contribution in [2.24, 2.45) is 5.92 Å². The number of alkyl halides is 3. The molecule has 5 nitrogen and oxygen atoms in total. The van der Waals surface area contributed by atoms with Crippen LogP contribution in [0.25, 0.3) is 5.52 Å². The summed E-state index contributed by atoms with van der Waals surface area (Å²) < 4.78 is 39.8. The quantitative estimate of drug-likeness (QED) is 0.925. The zero-order chi connectivity index (χ0) is 15.2. The first-order valence-electron chi connectivity index (χ1n) is 6.39. The van der Waals surface area contributed by atoms with Crippen LogP contribution in [0, 0.1) is 5.92 Å². The summed E-state index contributed by atoms with van der Waals surface area (Å²) in [4.78, 5) is 12.7. The number of carboxylic acids is 1. The monoisotopic (exact) mass is 299 g/mol. The van der Waals surface area contributed by atoms with E-state index in [0.29, 0.717) is 11.3 Å². The van der Waals surface area contributed by atoms with Crippen LogP contribution in [0.5, 0.6) is 0 Å². The number of rotatable bonds is 2. The van der Waals surface area contributed by atoms with E-state index in [-0.39, 0.29) is 25.1 Å². The second kappa shape index (κ2) is 4.64. The number of carboxylic acid groups (broad SMARTS) is 1. The fourth-order valence-electron chi connectivity index (χ4n) is 2.60. The fourth-order valence-corrected chi connectivity index (χ4v) is 2.60. The third-order valence-electron chi connectivity index (χ3n) is 3.70. The Morgan fingerprint density at radius 3 is 2.76 bits per heavy atom.